The van der Waals surface area contributed by atoms with Crippen molar-refractivity contribution in [2.24, 2.45) is 0 Å². The Hall–Kier alpha value is -6.03. The normalized spacial score (nSPS) is 31.2. The molecule has 27 heteroatoms. The Labute approximate surface area is 382 Å². The summed E-state index contributed by atoms with van der Waals surface area (Å²) in [5.74, 6) is -10.7. The van der Waals surface area contributed by atoms with Crippen LogP contribution in [-0.4, -0.2) is 178 Å². The average Bonchev–Trinajstić information content (AvgIpc) is 3.17. The lowest BCUT2D eigenvalue weighted by atomic mass is 9.95. The van der Waals surface area contributed by atoms with Gasteiger partial charge in [0.1, 0.15) is 50.3 Å². The van der Waals surface area contributed by atoms with Gasteiger partial charge in [-0.25, -0.2) is 0 Å². The van der Waals surface area contributed by atoms with Crippen LogP contribution in [0.15, 0.2) is 0 Å². The molecule has 3 heterocycles. The molecule has 0 aromatic heterocycles. The second kappa shape index (κ2) is 25.2. The highest BCUT2D eigenvalue weighted by Crippen LogP contribution is 2.38. The van der Waals surface area contributed by atoms with Gasteiger partial charge in [-0.3, -0.25) is 52.7 Å². The first kappa shape index (κ1) is 55.3. The molecular formula is C40H54O27. The van der Waals surface area contributed by atoms with E-state index in [0.717, 1.165) is 76.2 Å². The first-order valence-electron chi connectivity index (χ1n) is 20.3. The molecule has 0 amide bonds. The van der Waals surface area contributed by atoms with Gasteiger partial charge in [0, 0.05) is 76.2 Å². The van der Waals surface area contributed by atoms with Gasteiger partial charge in [-0.2, -0.15) is 0 Å². The highest BCUT2D eigenvalue weighted by atomic mass is 16.8. The molecule has 3 aliphatic rings. The van der Waals surface area contributed by atoms with Crippen LogP contribution >= 0.6 is 0 Å². The molecule has 0 radical (unpaired) electrons. The molecule has 15 atom stereocenters. The zero-order valence-corrected chi connectivity index (χ0v) is 38.3. The molecule has 376 valence electrons. The summed E-state index contributed by atoms with van der Waals surface area (Å²) >= 11 is 0. The lowest BCUT2D eigenvalue weighted by molar-refractivity contribution is -0.378. The fourth-order valence-corrected chi connectivity index (χ4v) is 7.01. The molecule has 3 rings (SSSR count). The van der Waals surface area contributed by atoms with Gasteiger partial charge in [-0.15, -0.1) is 0 Å². The summed E-state index contributed by atoms with van der Waals surface area (Å²) in [6.07, 6.45) is -27.3. The van der Waals surface area contributed by atoms with Crippen LogP contribution in [-0.2, 0) is 129 Å². The molecule has 3 aliphatic heterocycles. The minimum absolute atomic E-state index is 0.691. The summed E-state index contributed by atoms with van der Waals surface area (Å²) < 4.78 is 90.4. The van der Waals surface area contributed by atoms with Crippen LogP contribution in [0.4, 0.5) is 0 Å². The van der Waals surface area contributed by atoms with Crippen molar-refractivity contribution in [3.63, 3.8) is 0 Å². The fourth-order valence-electron chi connectivity index (χ4n) is 7.01. The summed E-state index contributed by atoms with van der Waals surface area (Å²) in [6, 6.07) is 0. The minimum Gasteiger partial charge on any atom is -0.463 e. The summed E-state index contributed by atoms with van der Waals surface area (Å²) in [7, 11) is 0. The van der Waals surface area contributed by atoms with Gasteiger partial charge in [0.25, 0.3) is 0 Å². The molecule has 0 aliphatic carbocycles. The van der Waals surface area contributed by atoms with Crippen molar-refractivity contribution < 1.29 is 129 Å². The van der Waals surface area contributed by atoms with E-state index >= 15 is 0 Å². The number of carbonyl (C=O) groups is 11. The number of esters is 11. The maximum atomic E-state index is 13.0. The van der Waals surface area contributed by atoms with Gasteiger partial charge in [-0.1, -0.05) is 0 Å². The number of hydrogen-bond donors (Lipinski definition) is 0. The molecule has 0 unspecified atom stereocenters. The number of carbonyl (C=O) groups excluding carboxylic acids is 11. The van der Waals surface area contributed by atoms with E-state index in [1.54, 1.807) is 0 Å². The van der Waals surface area contributed by atoms with E-state index in [1.807, 2.05) is 0 Å². The lowest BCUT2D eigenvalue weighted by Crippen LogP contribution is -2.69. The Balaban J connectivity index is 2.31. The van der Waals surface area contributed by atoms with Gasteiger partial charge in [0.05, 0.1) is 0 Å². The van der Waals surface area contributed by atoms with Crippen molar-refractivity contribution in [1.29, 1.82) is 0 Å². The maximum Gasteiger partial charge on any atom is 0.305 e. The van der Waals surface area contributed by atoms with Gasteiger partial charge >= 0.3 is 65.7 Å². The standard InChI is InChI=1S/C40H54O27/c1-15(41)52-12-26-29(55-18(4)44)32(56-19(5)45)36(60-23(9)49)39(64-26)67-31-28(14-54-17(3)43)65-40(37(61-24(10)50)34(31)58-21(7)47)66-30-27(13-53-16(2)42)63-38(62-25(11)51)35(59-22(8)48)33(30)57-20(6)46/h26-40H,12-14H2,1-11H3/t26-,27-,28-,29+,30-,31-,32+,33+,34+,35-,36-,37-,38+,39+,40-/m1/s1. The molecule has 0 aromatic rings. The second-order valence-electron chi connectivity index (χ2n) is 14.9. The third-order valence-electron chi connectivity index (χ3n) is 9.11. The van der Waals surface area contributed by atoms with Gasteiger partial charge < -0.3 is 75.8 Å². The van der Waals surface area contributed by atoms with Crippen LogP contribution in [0.25, 0.3) is 0 Å². The molecule has 67 heavy (non-hydrogen) atoms. The number of ether oxygens (including phenoxy) is 16. The van der Waals surface area contributed by atoms with E-state index in [1.165, 1.54) is 0 Å². The first-order chi connectivity index (χ1) is 31.3. The molecule has 0 N–H and O–H groups in total. The summed E-state index contributed by atoms with van der Waals surface area (Å²) in [4.78, 5) is 137. The summed E-state index contributed by atoms with van der Waals surface area (Å²) in [5, 5.41) is 0. The molecule has 0 spiro atoms. The topological polar surface area (TPSA) is 335 Å². The van der Waals surface area contributed by atoms with E-state index in [-0.39, 0.29) is 0 Å². The number of rotatable bonds is 18. The van der Waals surface area contributed by atoms with Crippen LogP contribution in [0.1, 0.15) is 76.2 Å². The van der Waals surface area contributed by atoms with E-state index in [0.29, 0.717) is 0 Å². The zero-order valence-electron chi connectivity index (χ0n) is 38.3. The maximum absolute atomic E-state index is 13.0. The Kier molecular flexibility index (Phi) is 20.8. The fraction of sp³-hybridized carbons (Fsp3) is 0.725. The Morgan fingerprint density at radius 3 is 0.776 bits per heavy atom. The van der Waals surface area contributed by atoms with Crippen molar-refractivity contribution >= 4 is 65.7 Å². The molecule has 3 fully saturated rings. The van der Waals surface area contributed by atoms with Gasteiger partial charge in [0.2, 0.25) is 12.4 Å². The van der Waals surface area contributed by atoms with Crippen molar-refractivity contribution in [3.05, 3.63) is 0 Å². The third-order valence-corrected chi connectivity index (χ3v) is 9.11. The van der Waals surface area contributed by atoms with E-state index in [4.69, 9.17) is 75.8 Å². The monoisotopic (exact) mass is 966 g/mol. The molecule has 0 aromatic carbocycles. The van der Waals surface area contributed by atoms with Crippen LogP contribution in [0, 0.1) is 0 Å². The second-order valence-corrected chi connectivity index (χ2v) is 14.9. The van der Waals surface area contributed by atoms with Gasteiger partial charge in [-0.05, 0) is 0 Å². The van der Waals surface area contributed by atoms with E-state index in [9.17, 15) is 52.7 Å². The largest absolute Gasteiger partial charge is 0.463 e. The van der Waals surface area contributed by atoms with Crippen LogP contribution in [0.5, 0.6) is 0 Å². The molecule has 27 nitrogen and oxygen atoms in total. The SMILES string of the molecule is CC(=O)OC[C@H]1O[C@@H](O[C@H]2[C@H](OC(C)=O)[C@@H](OC(C)=O)[C@@H](O[C@H]3[C@H](OC(C)=O)[C@@H](OC(C)=O)[C@@H](OC(C)=O)O[C@@H]3COC(C)=O)O[C@@H]2COC(C)=O)[C@H](OC(C)=O)[C@@H](OC(C)=O)[C@H]1OC(C)=O. The van der Waals surface area contributed by atoms with Crippen molar-refractivity contribution in [3.8, 4) is 0 Å². The first-order valence-corrected chi connectivity index (χ1v) is 20.3. The highest BCUT2D eigenvalue weighted by Gasteiger charge is 2.60. The molecule has 0 saturated carbocycles. The van der Waals surface area contributed by atoms with E-state index < -0.39 is 178 Å². The van der Waals surface area contributed by atoms with Crippen LogP contribution < -0.4 is 0 Å². The van der Waals surface area contributed by atoms with Crippen molar-refractivity contribution in [2.75, 3.05) is 19.8 Å². The Bertz CT molecular complexity index is 1850. The molecule has 3 saturated heterocycles. The summed E-state index contributed by atoms with van der Waals surface area (Å²) in [5.41, 5.74) is 0. The summed E-state index contributed by atoms with van der Waals surface area (Å²) in [6.45, 7) is 8.53. The van der Waals surface area contributed by atoms with Crippen LogP contribution in [0.2, 0.25) is 0 Å². The van der Waals surface area contributed by atoms with Crippen molar-refractivity contribution in [1.82, 2.24) is 0 Å². The number of hydrogen-bond acceptors (Lipinski definition) is 27. The third kappa shape index (κ3) is 17.0. The highest BCUT2D eigenvalue weighted by molar-refractivity contribution is 5.70. The van der Waals surface area contributed by atoms with Crippen molar-refractivity contribution in [2.45, 2.75) is 168 Å². The average molecular weight is 967 g/mol. The molecular weight excluding hydrogens is 912 g/mol. The Morgan fingerprint density at radius 1 is 0.269 bits per heavy atom. The van der Waals surface area contributed by atoms with Crippen LogP contribution in [0.3, 0.4) is 0 Å². The Morgan fingerprint density at radius 2 is 0.493 bits per heavy atom. The predicted molar refractivity (Wildman–Crippen MR) is 206 cm³/mol. The predicted octanol–water partition coefficient (Wildman–Crippen LogP) is -1.29. The smallest absolute Gasteiger partial charge is 0.305 e. The minimum atomic E-state index is -2.06. The van der Waals surface area contributed by atoms with Gasteiger partial charge in [0.15, 0.2) is 49.2 Å². The molecule has 0 bridgehead atoms. The lowest BCUT2D eigenvalue weighted by Gasteiger charge is -2.50. The quantitative estimate of drug-likeness (QED) is 0.114. The zero-order chi connectivity index (χ0) is 50.4. The van der Waals surface area contributed by atoms with E-state index in [2.05, 4.69) is 0 Å².